The molecule has 1 N–H and O–H groups in total. The fourth-order valence-corrected chi connectivity index (χ4v) is 2.96. The molecule has 1 aliphatic rings. The number of benzene rings is 2. The minimum Gasteiger partial charge on any atom is -0.497 e. The summed E-state index contributed by atoms with van der Waals surface area (Å²) in [5, 5.41) is 14.8. The maximum absolute atomic E-state index is 12.5. The molecule has 0 unspecified atom stereocenters. The van der Waals surface area contributed by atoms with Crippen LogP contribution in [-0.2, 0) is 9.59 Å². The highest BCUT2D eigenvalue weighted by molar-refractivity contribution is 6.03. The Kier molecular flexibility index (Phi) is 5.31. The van der Waals surface area contributed by atoms with Gasteiger partial charge < -0.3 is 9.84 Å². The second-order valence-corrected chi connectivity index (χ2v) is 6.04. The van der Waals surface area contributed by atoms with E-state index in [1.807, 2.05) is 54.6 Å². The van der Waals surface area contributed by atoms with Crippen molar-refractivity contribution in [2.75, 3.05) is 7.11 Å². The number of carboxylic acids is 1. The van der Waals surface area contributed by atoms with Crippen LogP contribution in [0, 0.1) is 0 Å². The van der Waals surface area contributed by atoms with Crippen molar-refractivity contribution in [3.63, 3.8) is 0 Å². The van der Waals surface area contributed by atoms with Crippen molar-refractivity contribution >= 4 is 17.6 Å². The number of carbonyl (C=O) groups excluding carboxylic acids is 1. The van der Waals surface area contributed by atoms with Gasteiger partial charge in [0.05, 0.1) is 25.3 Å². The average molecular weight is 352 g/mol. The highest BCUT2D eigenvalue weighted by Gasteiger charge is 2.32. The quantitative estimate of drug-likeness (QED) is 0.865. The predicted molar refractivity (Wildman–Crippen MR) is 97.0 cm³/mol. The number of methoxy groups -OCH3 is 1. The lowest BCUT2D eigenvalue weighted by Crippen LogP contribution is -2.27. The number of hydrogen-bond acceptors (Lipinski definition) is 4. The van der Waals surface area contributed by atoms with E-state index in [1.165, 1.54) is 5.01 Å². The van der Waals surface area contributed by atoms with E-state index in [0.717, 1.165) is 22.6 Å². The third-order valence-corrected chi connectivity index (χ3v) is 4.33. The number of hydrazone groups is 1. The molecule has 1 amide bonds. The number of amides is 1. The first-order valence-electron chi connectivity index (χ1n) is 8.39. The number of nitrogens with zero attached hydrogens (tertiary/aromatic N) is 2. The Morgan fingerprint density at radius 1 is 1.12 bits per heavy atom. The zero-order valence-electron chi connectivity index (χ0n) is 14.5. The van der Waals surface area contributed by atoms with E-state index in [1.54, 1.807) is 7.11 Å². The smallest absolute Gasteiger partial charge is 0.303 e. The third kappa shape index (κ3) is 3.91. The number of rotatable bonds is 6. The van der Waals surface area contributed by atoms with E-state index in [0.29, 0.717) is 6.42 Å². The van der Waals surface area contributed by atoms with Gasteiger partial charge in [-0.15, -0.1) is 0 Å². The summed E-state index contributed by atoms with van der Waals surface area (Å²) >= 11 is 0. The molecule has 0 spiro atoms. The van der Waals surface area contributed by atoms with Crippen LogP contribution in [0.2, 0.25) is 0 Å². The molecular formula is C20H20N2O4. The Balaban J connectivity index is 1.87. The lowest BCUT2D eigenvalue weighted by Gasteiger charge is -2.21. The van der Waals surface area contributed by atoms with Crippen molar-refractivity contribution < 1.29 is 19.4 Å². The van der Waals surface area contributed by atoms with Crippen LogP contribution in [0.5, 0.6) is 5.75 Å². The van der Waals surface area contributed by atoms with Gasteiger partial charge in [-0.2, -0.15) is 5.10 Å². The van der Waals surface area contributed by atoms with Crippen molar-refractivity contribution in [2.45, 2.75) is 25.3 Å². The van der Waals surface area contributed by atoms with E-state index in [4.69, 9.17) is 9.84 Å². The maximum atomic E-state index is 12.5. The number of carbonyl (C=O) groups is 2. The van der Waals surface area contributed by atoms with Crippen LogP contribution in [0.25, 0.3) is 0 Å². The monoisotopic (exact) mass is 352 g/mol. The average Bonchev–Trinajstić information content (AvgIpc) is 3.12. The molecule has 134 valence electrons. The van der Waals surface area contributed by atoms with Crippen LogP contribution in [0.3, 0.4) is 0 Å². The van der Waals surface area contributed by atoms with E-state index >= 15 is 0 Å². The van der Waals surface area contributed by atoms with E-state index in [2.05, 4.69) is 5.10 Å². The third-order valence-electron chi connectivity index (χ3n) is 4.33. The van der Waals surface area contributed by atoms with Gasteiger partial charge in [0, 0.05) is 12.8 Å². The zero-order chi connectivity index (χ0) is 18.5. The first kappa shape index (κ1) is 17.7. The summed E-state index contributed by atoms with van der Waals surface area (Å²) in [5.74, 6) is -0.528. The SMILES string of the molecule is COc1ccc(C2=NN(C(=O)CCC(=O)O)[C@@H](c3ccccc3)C2)cc1. The molecule has 2 aromatic rings. The highest BCUT2D eigenvalue weighted by Crippen LogP contribution is 2.33. The highest BCUT2D eigenvalue weighted by atomic mass is 16.5. The van der Waals surface area contributed by atoms with Gasteiger partial charge in [0.2, 0.25) is 5.91 Å². The second-order valence-electron chi connectivity index (χ2n) is 6.04. The van der Waals surface area contributed by atoms with Crippen LogP contribution >= 0.6 is 0 Å². The lowest BCUT2D eigenvalue weighted by atomic mass is 9.98. The summed E-state index contributed by atoms with van der Waals surface area (Å²) in [6.45, 7) is 0. The van der Waals surface area contributed by atoms with Crippen molar-refractivity contribution in [3.05, 3.63) is 65.7 Å². The largest absolute Gasteiger partial charge is 0.497 e. The maximum Gasteiger partial charge on any atom is 0.303 e. The molecule has 0 bridgehead atoms. The predicted octanol–water partition coefficient (Wildman–Crippen LogP) is 3.24. The minimum atomic E-state index is -0.992. The van der Waals surface area contributed by atoms with Gasteiger partial charge in [0.1, 0.15) is 5.75 Å². The standard InChI is InChI=1S/C20H20N2O4/c1-26-16-9-7-14(8-10-16)17-13-18(15-5-3-2-4-6-15)22(21-17)19(23)11-12-20(24)25/h2-10,18H,11-13H2,1H3,(H,24,25)/t18-/m1/s1. The van der Waals surface area contributed by atoms with Crippen molar-refractivity contribution in [1.29, 1.82) is 0 Å². The first-order valence-corrected chi connectivity index (χ1v) is 8.39. The summed E-state index contributed by atoms with van der Waals surface area (Å²) in [6.07, 6.45) is 0.303. The number of carboxylic acid groups (broad SMARTS) is 1. The van der Waals surface area contributed by atoms with Gasteiger partial charge in [-0.25, -0.2) is 5.01 Å². The van der Waals surface area contributed by atoms with Crippen molar-refractivity contribution in [1.82, 2.24) is 5.01 Å². The molecule has 1 aliphatic heterocycles. The van der Waals surface area contributed by atoms with Crippen LogP contribution in [0.15, 0.2) is 59.7 Å². The molecule has 6 heteroatoms. The second kappa shape index (κ2) is 7.82. The summed E-state index contributed by atoms with van der Waals surface area (Å²) in [4.78, 5) is 23.3. The Labute approximate surface area is 151 Å². The lowest BCUT2D eigenvalue weighted by molar-refractivity contribution is -0.141. The Morgan fingerprint density at radius 2 is 1.81 bits per heavy atom. The minimum absolute atomic E-state index is 0.0714. The zero-order valence-corrected chi connectivity index (χ0v) is 14.5. The molecule has 26 heavy (non-hydrogen) atoms. The molecule has 0 fully saturated rings. The molecule has 3 rings (SSSR count). The molecule has 1 heterocycles. The molecule has 0 aliphatic carbocycles. The van der Waals surface area contributed by atoms with Gasteiger partial charge in [-0.05, 0) is 35.4 Å². The molecular weight excluding hydrogens is 332 g/mol. The molecule has 1 atom stereocenters. The van der Waals surface area contributed by atoms with Crippen LogP contribution in [0.4, 0.5) is 0 Å². The summed E-state index contributed by atoms with van der Waals surface area (Å²) in [5.41, 5.74) is 2.69. The van der Waals surface area contributed by atoms with E-state index < -0.39 is 5.97 Å². The first-order chi connectivity index (χ1) is 12.6. The normalized spacial score (nSPS) is 16.3. The summed E-state index contributed by atoms with van der Waals surface area (Å²) in [6, 6.07) is 16.9. The molecule has 0 radical (unpaired) electrons. The van der Waals surface area contributed by atoms with E-state index in [-0.39, 0.29) is 24.8 Å². The van der Waals surface area contributed by atoms with Crippen molar-refractivity contribution in [2.24, 2.45) is 5.10 Å². The molecule has 0 aromatic heterocycles. The summed E-state index contributed by atoms with van der Waals surface area (Å²) < 4.78 is 5.18. The molecule has 0 saturated heterocycles. The van der Waals surface area contributed by atoms with Gasteiger partial charge in [0.25, 0.3) is 0 Å². The van der Waals surface area contributed by atoms with Gasteiger partial charge >= 0.3 is 5.97 Å². The fraction of sp³-hybridized carbons (Fsp3) is 0.250. The molecule has 6 nitrogen and oxygen atoms in total. The Bertz CT molecular complexity index is 815. The van der Waals surface area contributed by atoms with Crippen molar-refractivity contribution in [3.8, 4) is 5.75 Å². The topological polar surface area (TPSA) is 79.2 Å². The van der Waals surface area contributed by atoms with Crippen LogP contribution in [0.1, 0.15) is 36.4 Å². The molecule has 0 saturated carbocycles. The van der Waals surface area contributed by atoms with E-state index in [9.17, 15) is 9.59 Å². The van der Waals surface area contributed by atoms with Crippen LogP contribution in [-0.4, -0.2) is 34.8 Å². The summed E-state index contributed by atoms with van der Waals surface area (Å²) in [7, 11) is 1.61. The Hall–Kier alpha value is -3.15. The van der Waals surface area contributed by atoms with Crippen LogP contribution < -0.4 is 4.74 Å². The molecule has 2 aromatic carbocycles. The van der Waals surface area contributed by atoms with Gasteiger partial charge in [-0.1, -0.05) is 30.3 Å². The fourth-order valence-electron chi connectivity index (χ4n) is 2.96. The number of hydrogen-bond donors (Lipinski definition) is 1. The number of ether oxygens (including phenoxy) is 1. The Morgan fingerprint density at radius 3 is 2.42 bits per heavy atom. The van der Waals surface area contributed by atoms with Gasteiger partial charge in [-0.3, -0.25) is 9.59 Å². The van der Waals surface area contributed by atoms with Gasteiger partial charge in [0.15, 0.2) is 0 Å². The number of aliphatic carboxylic acids is 1.